The summed E-state index contributed by atoms with van der Waals surface area (Å²) in [5.74, 6) is 1.67. The number of hydrogen-bond donors (Lipinski definition) is 3. The van der Waals surface area contributed by atoms with Gasteiger partial charge in [-0.2, -0.15) is 0 Å². The number of aliphatic imine (C=N–C) groups is 1. The van der Waals surface area contributed by atoms with Gasteiger partial charge >= 0.3 is 6.09 Å². The highest BCUT2D eigenvalue weighted by Crippen LogP contribution is 2.07. The Hall–Kier alpha value is -2.11. The number of guanidine groups is 1. The second-order valence-corrected chi connectivity index (χ2v) is 8.51. The van der Waals surface area contributed by atoms with Gasteiger partial charge in [0, 0.05) is 38.8 Å². The zero-order valence-electron chi connectivity index (χ0n) is 19.9. The molecule has 0 aliphatic heterocycles. The standard InChI is InChI=1S/C22H37N7O2.HI/c1-6-7-11-17(16-25-21(30)31-22(2,3)4)26-20(23-5)24-14-10-13-19-28-27-18-12-8-9-15-29(18)19;/h8-9,12,15,17H,6-7,10-11,13-14,16H2,1-5H3,(H,25,30)(H2,23,24,26);1H. The maximum absolute atomic E-state index is 12.0. The molecule has 180 valence electrons. The minimum Gasteiger partial charge on any atom is -0.444 e. The number of fused-ring (bicyclic) bond motifs is 1. The van der Waals surface area contributed by atoms with Crippen LogP contribution in [0.4, 0.5) is 4.79 Å². The number of aryl methyl sites for hydroxylation is 1. The van der Waals surface area contributed by atoms with Gasteiger partial charge in [0.2, 0.25) is 0 Å². The molecular formula is C22H38IN7O2. The van der Waals surface area contributed by atoms with E-state index in [-0.39, 0.29) is 30.0 Å². The Labute approximate surface area is 208 Å². The molecule has 2 rings (SSSR count). The summed E-state index contributed by atoms with van der Waals surface area (Å²) >= 11 is 0. The maximum atomic E-state index is 12.0. The zero-order chi connectivity index (χ0) is 22.7. The van der Waals surface area contributed by atoms with Gasteiger partial charge in [0.1, 0.15) is 11.4 Å². The molecule has 1 unspecified atom stereocenters. The molecule has 0 bridgehead atoms. The summed E-state index contributed by atoms with van der Waals surface area (Å²) in [6.07, 6.45) is 6.36. The number of pyridine rings is 1. The van der Waals surface area contributed by atoms with Crippen molar-refractivity contribution in [2.45, 2.75) is 71.4 Å². The molecule has 0 fully saturated rings. The van der Waals surface area contributed by atoms with Gasteiger partial charge in [-0.05, 0) is 45.7 Å². The van der Waals surface area contributed by atoms with Crippen molar-refractivity contribution in [1.82, 2.24) is 30.5 Å². The smallest absolute Gasteiger partial charge is 0.407 e. The quantitative estimate of drug-likeness (QED) is 0.178. The third kappa shape index (κ3) is 10.0. The first-order valence-corrected chi connectivity index (χ1v) is 11.0. The lowest BCUT2D eigenvalue weighted by molar-refractivity contribution is 0.0523. The Morgan fingerprint density at radius 2 is 2.00 bits per heavy atom. The number of rotatable bonds is 10. The monoisotopic (exact) mass is 559 g/mol. The van der Waals surface area contributed by atoms with E-state index in [1.165, 1.54) is 0 Å². The van der Waals surface area contributed by atoms with Crippen molar-refractivity contribution < 1.29 is 9.53 Å². The number of unbranched alkanes of at least 4 members (excludes halogenated alkanes) is 1. The molecule has 0 spiro atoms. The molecule has 0 radical (unpaired) electrons. The summed E-state index contributed by atoms with van der Waals surface area (Å²) in [7, 11) is 1.75. The molecule has 10 heteroatoms. The van der Waals surface area contributed by atoms with Crippen molar-refractivity contribution in [1.29, 1.82) is 0 Å². The highest BCUT2D eigenvalue weighted by molar-refractivity contribution is 14.0. The van der Waals surface area contributed by atoms with Gasteiger partial charge in [-0.25, -0.2) is 4.79 Å². The van der Waals surface area contributed by atoms with Gasteiger partial charge in [-0.3, -0.25) is 9.39 Å². The van der Waals surface area contributed by atoms with E-state index in [1.807, 2.05) is 49.6 Å². The minimum absolute atomic E-state index is 0. The minimum atomic E-state index is -0.510. The Kier molecular flexibility index (Phi) is 12.3. The van der Waals surface area contributed by atoms with E-state index in [1.54, 1.807) is 7.05 Å². The lowest BCUT2D eigenvalue weighted by atomic mass is 10.1. The van der Waals surface area contributed by atoms with Crippen LogP contribution in [-0.4, -0.2) is 58.4 Å². The molecule has 1 amide bonds. The topological polar surface area (TPSA) is 105 Å². The van der Waals surface area contributed by atoms with E-state index in [2.05, 4.69) is 38.1 Å². The Morgan fingerprint density at radius 3 is 2.69 bits per heavy atom. The molecule has 1 atom stereocenters. The molecule has 2 heterocycles. The van der Waals surface area contributed by atoms with Gasteiger partial charge in [0.15, 0.2) is 11.6 Å². The Balaban J connectivity index is 0.00000512. The van der Waals surface area contributed by atoms with Crippen molar-refractivity contribution in [3.05, 3.63) is 30.2 Å². The molecule has 0 saturated heterocycles. The largest absolute Gasteiger partial charge is 0.444 e. The van der Waals surface area contributed by atoms with E-state index in [0.717, 1.165) is 56.1 Å². The third-order valence-corrected chi connectivity index (χ3v) is 4.62. The average Bonchev–Trinajstić information content (AvgIpc) is 3.13. The number of carbonyl (C=O) groups is 1. The predicted molar refractivity (Wildman–Crippen MR) is 139 cm³/mol. The fraction of sp³-hybridized carbons (Fsp3) is 0.636. The summed E-state index contributed by atoms with van der Waals surface area (Å²) in [6.45, 7) is 8.94. The van der Waals surface area contributed by atoms with Crippen LogP contribution >= 0.6 is 24.0 Å². The number of alkyl carbamates (subject to hydrolysis) is 1. The number of nitrogens with one attached hydrogen (secondary N) is 3. The fourth-order valence-electron chi connectivity index (χ4n) is 3.10. The molecule has 9 nitrogen and oxygen atoms in total. The van der Waals surface area contributed by atoms with Gasteiger partial charge in [-0.15, -0.1) is 34.2 Å². The van der Waals surface area contributed by atoms with Gasteiger partial charge in [0.05, 0.1) is 0 Å². The maximum Gasteiger partial charge on any atom is 0.407 e. The van der Waals surface area contributed by atoms with Crippen LogP contribution in [0.1, 0.15) is 59.2 Å². The third-order valence-electron chi connectivity index (χ3n) is 4.62. The van der Waals surface area contributed by atoms with E-state index < -0.39 is 11.7 Å². The van der Waals surface area contributed by atoms with Crippen molar-refractivity contribution in [3.8, 4) is 0 Å². The SMILES string of the molecule is CCCCC(CNC(=O)OC(C)(C)C)NC(=NC)NCCCc1nnc2ccccn12.I. The number of amides is 1. The average molecular weight is 559 g/mol. The first-order chi connectivity index (χ1) is 14.8. The fourth-order valence-corrected chi connectivity index (χ4v) is 3.10. The highest BCUT2D eigenvalue weighted by atomic mass is 127. The highest BCUT2D eigenvalue weighted by Gasteiger charge is 2.18. The molecule has 0 aromatic carbocycles. The van der Waals surface area contributed by atoms with Crippen molar-refractivity contribution in [2.75, 3.05) is 20.1 Å². The first-order valence-electron chi connectivity index (χ1n) is 11.0. The summed E-state index contributed by atoms with van der Waals surface area (Å²) in [6, 6.07) is 5.95. The summed E-state index contributed by atoms with van der Waals surface area (Å²) in [5, 5.41) is 18.1. The number of carbonyl (C=O) groups excluding carboxylic acids is 1. The van der Waals surface area contributed by atoms with Crippen LogP contribution < -0.4 is 16.0 Å². The van der Waals surface area contributed by atoms with Gasteiger partial charge in [0.25, 0.3) is 0 Å². The van der Waals surface area contributed by atoms with Crippen LogP contribution in [0.5, 0.6) is 0 Å². The number of hydrogen-bond acceptors (Lipinski definition) is 5. The second kappa shape index (κ2) is 14.1. The van der Waals surface area contributed by atoms with Crippen LogP contribution in [0.3, 0.4) is 0 Å². The molecule has 3 N–H and O–H groups in total. The summed E-state index contributed by atoms with van der Waals surface area (Å²) in [5.41, 5.74) is 0.350. The summed E-state index contributed by atoms with van der Waals surface area (Å²) in [4.78, 5) is 16.3. The van der Waals surface area contributed by atoms with Crippen LogP contribution in [0.15, 0.2) is 29.4 Å². The zero-order valence-corrected chi connectivity index (χ0v) is 22.2. The molecule has 0 saturated carbocycles. The molecular weight excluding hydrogens is 521 g/mol. The Morgan fingerprint density at radius 1 is 1.22 bits per heavy atom. The van der Waals surface area contributed by atoms with Gasteiger partial charge in [-0.1, -0.05) is 25.8 Å². The second-order valence-electron chi connectivity index (χ2n) is 8.51. The van der Waals surface area contributed by atoms with Crippen LogP contribution in [-0.2, 0) is 11.2 Å². The number of nitrogens with zero attached hydrogens (tertiary/aromatic N) is 4. The van der Waals surface area contributed by atoms with Gasteiger partial charge < -0.3 is 20.7 Å². The Bertz CT molecular complexity index is 848. The summed E-state index contributed by atoms with van der Waals surface area (Å²) < 4.78 is 7.34. The number of halogens is 1. The van der Waals surface area contributed by atoms with Crippen molar-refractivity contribution in [3.63, 3.8) is 0 Å². The lowest BCUT2D eigenvalue weighted by Gasteiger charge is -2.24. The lowest BCUT2D eigenvalue weighted by Crippen LogP contribution is -2.49. The normalized spacial score (nSPS) is 12.7. The molecule has 2 aromatic heterocycles. The van der Waals surface area contributed by atoms with E-state index >= 15 is 0 Å². The molecule has 2 aromatic rings. The van der Waals surface area contributed by atoms with Crippen molar-refractivity contribution >= 4 is 41.7 Å². The molecule has 0 aliphatic carbocycles. The van der Waals surface area contributed by atoms with Crippen LogP contribution in [0, 0.1) is 0 Å². The molecule has 32 heavy (non-hydrogen) atoms. The molecule has 0 aliphatic rings. The van der Waals surface area contributed by atoms with Crippen LogP contribution in [0.2, 0.25) is 0 Å². The first kappa shape index (κ1) is 27.9. The van der Waals surface area contributed by atoms with E-state index in [4.69, 9.17) is 4.74 Å². The van der Waals surface area contributed by atoms with Crippen LogP contribution in [0.25, 0.3) is 5.65 Å². The van der Waals surface area contributed by atoms with Crippen molar-refractivity contribution in [2.24, 2.45) is 4.99 Å². The van der Waals surface area contributed by atoms with E-state index in [0.29, 0.717) is 6.54 Å². The predicted octanol–water partition coefficient (Wildman–Crippen LogP) is 3.53. The number of ether oxygens (including phenoxy) is 1. The number of aromatic nitrogens is 3. The van der Waals surface area contributed by atoms with E-state index in [9.17, 15) is 4.79 Å².